The maximum Gasteiger partial charge on any atom is 0.250 e. The number of hydrogen-bond acceptors (Lipinski definition) is 7. The van der Waals surface area contributed by atoms with Crippen molar-refractivity contribution in [1.82, 2.24) is 36.0 Å². The lowest BCUT2D eigenvalue weighted by Gasteiger charge is -2.28. The van der Waals surface area contributed by atoms with Gasteiger partial charge in [0.25, 0.3) is 0 Å². The lowest BCUT2D eigenvalue weighted by atomic mass is 9.86. The summed E-state index contributed by atoms with van der Waals surface area (Å²) in [6.45, 7) is 6.31. The fourth-order valence-corrected chi connectivity index (χ4v) is 2.15. The van der Waals surface area contributed by atoms with Crippen LogP contribution in [0.1, 0.15) is 45.5 Å². The molecule has 2 heterocycles. The Morgan fingerprint density at radius 3 is 2.87 bits per heavy atom. The number of hydrogen-bond donors (Lipinski definition) is 3. The second kappa shape index (κ2) is 6.07. The van der Waals surface area contributed by atoms with Crippen LogP contribution in [0.15, 0.2) is 10.9 Å². The zero-order valence-corrected chi connectivity index (χ0v) is 13.5. The van der Waals surface area contributed by atoms with E-state index in [2.05, 4.69) is 36.0 Å². The smallest absolute Gasteiger partial charge is 0.250 e. The summed E-state index contributed by atoms with van der Waals surface area (Å²) < 4.78 is 5.33. The van der Waals surface area contributed by atoms with Gasteiger partial charge >= 0.3 is 0 Å². The molecule has 0 aromatic carbocycles. The summed E-state index contributed by atoms with van der Waals surface area (Å²) in [6, 6.07) is 0.0930. The molecule has 9 heteroatoms. The Morgan fingerprint density at radius 2 is 2.26 bits per heavy atom. The zero-order valence-electron chi connectivity index (χ0n) is 13.5. The molecule has 0 spiro atoms. The molecule has 9 nitrogen and oxygen atoms in total. The van der Waals surface area contributed by atoms with Gasteiger partial charge in [-0.05, 0) is 18.3 Å². The van der Waals surface area contributed by atoms with E-state index in [1.807, 2.05) is 20.8 Å². The first-order chi connectivity index (χ1) is 10.9. The molecule has 3 rings (SSSR count). The van der Waals surface area contributed by atoms with Crippen LogP contribution in [0.4, 0.5) is 0 Å². The average Bonchev–Trinajstić information content (AvgIpc) is 2.97. The molecule has 3 N–H and O–H groups in total. The van der Waals surface area contributed by atoms with Crippen LogP contribution in [-0.4, -0.2) is 43.8 Å². The van der Waals surface area contributed by atoms with Crippen molar-refractivity contribution in [2.24, 2.45) is 5.41 Å². The largest absolute Gasteiger partial charge is 0.343 e. The second-order valence-electron chi connectivity index (χ2n) is 6.81. The Bertz CT molecular complexity index is 655. The van der Waals surface area contributed by atoms with Gasteiger partial charge < -0.3 is 15.2 Å². The summed E-state index contributed by atoms with van der Waals surface area (Å²) in [5, 5.41) is 16.5. The van der Waals surface area contributed by atoms with Crippen molar-refractivity contribution < 1.29 is 9.32 Å². The van der Waals surface area contributed by atoms with Crippen molar-refractivity contribution in [1.29, 1.82) is 0 Å². The molecule has 2 aromatic rings. The van der Waals surface area contributed by atoms with Crippen LogP contribution in [0, 0.1) is 5.41 Å². The monoisotopic (exact) mass is 319 g/mol. The molecule has 23 heavy (non-hydrogen) atoms. The normalized spacial score (nSPS) is 16.3. The number of carbonyl (C=O) groups excluding carboxylic acids is 1. The average molecular weight is 319 g/mol. The van der Waals surface area contributed by atoms with Crippen LogP contribution in [0.5, 0.6) is 0 Å². The van der Waals surface area contributed by atoms with Crippen molar-refractivity contribution >= 4 is 5.91 Å². The van der Waals surface area contributed by atoms with Gasteiger partial charge in [-0.3, -0.25) is 9.89 Å². The highest BCUT2D eigenvalue weighted by Crippen LogP contribution is 2.32. The lowest BCUT2D eigenvalue weighted by molar-refractivity contribution is -0.122. The van der Waals surface area contributed by atoms with E-state index < -0.39 is 0 Å². The third kappa shape index (κ3) is 3.92. The van der Waals surface area contributed by atoms with Gasteiger partial charge in [0.15, 0.2) is 5.82 Å². The maximum absolute atomic E-state index is 12.1. The standard InChI is InChI=1S/C14H21N7O2/c1-14(2,3)10(18-9(22)6-15-8-4-5-8)13-19-12(21-23-13)11-16-7-17-20-11/h7-8,10,15H,4-6H2,1-3H3,(H,18,22)(H,16,17,20)/t10-/m0/s1. The van der Waals surface area contributed by atoms with Crippen molar-refractivity contribution in [3.05, 3.63) is 12.2 Å². The van der Waals surface area contributed by atoms with E-state index in [0.717, 1.165) is 12.8 Å². The van der Waals surface area contributed by atoms with E-state index in [-0.39, 0.29) is 17.4 Å². The molecular weight excluding hydrogens is 298 g/mol. The maximum atomic E-state index is 12.1. The molecule has 0 aliphatic heterocycles. The van der Waals surface area contributed by atoms with Gasteiger partial charge in [0.1, 0.15) is 12.4 Å². The molecule has 2 aromatic heterocycles. The molecule has 1 aliphatic rings. The highest BCUT2D eigenvalue weighted by atomic mass is 16.5. The van der Waals surface area contributed by atoms with Crippen LogP contribution in [0.2, 0.25) is 0 Å². The molecule has 0 saturated heterocycles. The van der Waals surface area contributed by atoms with Crippen molar-refractivity contribution in [2.45, 2.75) is 45.7 Å². The molecule has 1 amide bonds. The molecule has 0 unspecified atom stereocenters. The Kier molecular flexibility index (Phi) is 4.12. The fraction of sp³-hybridized carbons (Fsp3) is 0.643. The van der Waals surface area contributed by atoms with Crippen LogP contribution < -0.4 is 10.6 Å². The van der Waals surface area contributed by atoms with Gasteiger partial charge in [0.2, 0.25) is 17.6 Å². The van der Waals surface area contributed by atoms with Crippen molar-refractivity contribution in [3.8, 4) is 11.6 Å². The molecule has 124 valence electrons. The van der Waals surface area contributed by atoms with E-state index in [0.29, 0.717) is 30.1 Å². The van der Waals surface area contributed by atoms with E-state index in [9.17, 15) is 4.79 Å². The van der Waals surface area contributed by atoms with Gasteiger partial charge in [-0.2, -0.15) is 10.1 Å². The van der Waals surface area contributed by atoms with E-state index in [4.69, 9.17) is 4.52 Å². The number of nitrogens with one attached hydrogen (secondary N) is 3. The Hall–Kier alpha value is -2.29. The summed E-state index contributed by atoms with van der Waals surface area (Å²) in [4.78, 5) is 20.5. The van der Waals surface area contributed by atoms with Crippen LogP contribution in [0.25, 0.3) is 11.6 Å². The van der Waals surface area contributed by atoms with E-state index in [1.165, 1.54) is 6.33 Å². The minimum absolute atomic E-state index is 0.0868. The molecule has 1 fully saturated rings. The Labute approximate surface area is 133 Å². The third-order valence-corrected chi connectivity index (χ3v) is 3.62. The van der Waals surface area contributed by atoms with Gasteiger partial charge in [-0.25, -0.2) is 4.98 Å². The quantitative estimate of drug-likeness (QED) is 0.720. The minimum Gasteiger partial charge on any atom is -0.343 e. The number of H-pyrrole nitrogens is 1. The highest BCUT2D eigenvalue weighted by Gasteiger charge is 2.33. The molecule has 1 saturated carbocycles. The predicted molar refractivity (Wildman–Crippen MR) is 81.0 cm³/mol. The first-order valence-corrected chi connectivity index (χ1v) is 7.65. The first-order valence-electron chi connectivity index (χ1n) is 7.65. The SMILES string of the molecule is CC(C)(C)[C@@H](NC(=O)CNC1CC1)c1nc(-c2ncn[nH]2)no1. The molecule has 0 radical (unpaired) electrons. The van der Waals surface area contributed by atoms with Crippen LogP contribution >= 0.6 is 0 Å². The fourth-order valence-electron chi connectivity index (χ4n) is 2.15. The third-order valence-electron chi connectivity index (χ3n) is 3.62. The Balaban J connectivity index is 1.72. The van der Waals surface area contributed by atoms with Gasteiger partial charge in [-0.15, -0.1) is 0 Å². The number of aromatic amines is 1. The Morgan fingerprint density at radius 1 is 1.48 bits per heavy atom. The highest BCUT2D eigenvalue weighted by molar-refractivity contribution is 5.78. The molecule has 1 atom stereocenters. The van der Waals surface area contributed by atoms with Crippen LogP contribution in [-0.2, 0) is 4.79 Å². The summed E-state index contributed by atoms with van der Waals surface area (Å²) in [7, 11) is 0. The topological polar surface area (TPSA) is 122 Å². The van der Waals surface area contributed by atoms with Gasteiger partial charge in [-0.1, -0.05) is 25.9 Å². The van der Waals surface area contributed by atoms with Gasteiger partial charge in [0, 0.05) is 6.04 Å². The number of carbonyl (C=O) groups is 1. The summed E-state index contributed by atoms with van der Waals surface area (Å²) in [5.41, 5.74) is -0.277. The molecular formula is C14H21N7O2. The molecule has 0 bridgehead atoms. The van der Waals surface area contributed by atoms with Crippen molar-refractivity contribution in [2.75, 3.05) is 6.54 Å². The summed E-state index contributed by atoms with van der Waals surface area (Å²) in [6.07, 6.45) is 3.65. The number of rotatable bonds is 6. The first kappa shape index (κ1) is 15.6. The predicted octanol–water partition coefficient (Wildman–Crippen LogP) is 0.810. The second-order valence-corrected chi connectivity index (χ2v) is 6.81. The van der Waals surface area contributed by atoms with Gasteiger partial charge in [0.05, 0.1) is 6.54 Å². The van der Waals surface area contributed by atoms with Crippen LogP contribution in [0.3, 0.4) is 0 Å². The zero-order chi connectivity index (χ0) is 16.4. The minimum atomic E-state index is -0.389. The van der Waals surface area contributed by atoms with E-state index in [1.54, 1.807) is 0 Å². The number of nitrogens with zero attached hydrogens (tertiary/aromatic N) is 4. The van der Waals surface area contributed by atoms with Crippen molar-refractivity contribution in [3.63, 3.8) is 0 Å². The summed E-state index contributed by atoms with van der Waals surface area (Å²) in [5.74, 6) is 1.01. The summed E-state index contributed by atoms with van der Waals surface area (Å²) >= 11 is 0. The number of amides is 1. The number of aromatic nitrogens is 5. The lowest BCUT2D eigenvalue weighted by Crippen LogP contribution is -2.41. The van der Waals surface area contributed by atoms with E-state index >= 15 is 0 Å². The molecule has 1 aliphatic carbocycles.